The second-order valence-corrected chi connectivity index (χ2v) is 4.60. The van der Waals surface area contributed by atoms with Gasteiger partial charge in [0.25, 0.3) is 0 Å². The van der Waals surface area contributed by atoms with E-state index >= 15 is 0 Å². The van der Waals surface area contributed by atoms with Crippen molar-refractivity contribution in [3.05, 3.63) is 44.4 Å². The zero-order valence-electron chi connectivity index (χ0n) is 7.41. The first-order chi connectivity index (χ1) is 6.68. The molecule has 0 N–H and O–H groups in total. The van der Waals surface area contributed by atoms with Gasteiger partial charge in [0.2, 0.25) is 5.78 Å². The normalized spacial score (nSPS) is 10.4. The van der Waals surface area contributed by atoms with Crippen LogP contribution < -0.4 is 0 Å². The highest BCUT2D eigenvalue weighted by Crippen LogP contribution is 2.22. The molecule has 2 nitrogen and oxygen atoms in total. The van der Waals surface area contributed by atoms with Crippen LogP contribution in [0.4, 0.5) is 0 Å². The molecule has 0 amide bonds. The Morgan fingerprint density at radius 1 is 1.57 bits per heavy atom. The molecule has 0 fully saturated rings. The highest BCUT2D eigenvalue weighted by Gasteiger charge is 2.14. The van der Waals surface area contributed by atoms with Crippen molar-refractivity contribution in [2.75, 3.05) is 0 Å². The summed E-state index contributed by atoms with van der Waals surface area (Å²) in [6.07, 6.45) is 1.46. The van der Waals surface area contributed by atoms with Gasteiger partial charge in [0, 0.05) is 6.07 Å². The molecule has 0 aliphatic rings. The van der Waals surface area contributed by atoms with Gasteiger partial charge in [-0.2, -0.15) is 0 Å². The third kappa shape index (κ3) is 1.67. The van der Waals surface area contributed by atoms with E-state index in [2.05, 4.69) is 15.9 Å². The number of hydrogen-bond acceptors (Lipinski definition) is 3. The molecule has 4 heteroatoms. The fourth-order valence-corrected chi connectivity index (χ4v) is 2.39. The summed E-state index contributed by atoms with van der Waals surface area (Å²) in [5, 5.41) is 1.91. The van der Waals surface area contributed by atoms with Crippen molar-refractivity contribution in [2.24, 2.45) is 0 Å². The summed E-state index contributed by atoms with van der Waals surface area (Å²) in [4.78, 5) is 12.6. The summed E-state index contributed by atoms with van der Waals surface area (Å²) in [6, 6.07) is 3.62. The predicted molar refractivity (Wildman–Crippen MR) is 58.9 cm³/mol. The van der Waals surface area contributed by atoms with Crippen LogP contribution in [0.1, 0.15) is 20.8 Å². The third-order valence-electron chi connectivity index (χ3n) is 1.90. The van der Waals surface area contributed by atoms with E-state index in [1.165, 1.54) is 17.6 Å². The summed E-state index contributed by atoms with van der Waals surface area (Å²) in [5.41, 5.74) is 1.60. The lowest BCUT2D eigenvalue weighted by atomic mass is 10.1. The second-order valence-electron chi connectivity index (χ2n) is 2.90. The van der Waals surface area contributed by atoms with Crippen molar-refractivity contribution in [2.45, 2.75) is 6.92 Å². The smallest absolute Gasteiger partial charge is 0.206 e. The maximum Gasteiger partial charge on any atom is 0.206 e. The molecular formula is C10H7BrO2S. The summed E-state index contributed by atoms with van der Waals surface area (Å²) < 4.78 is 5.60. The first kappa shape index (κ1) is 9.68. The van der Waals surface area contributed by atoms with Crippen LogP contribution >= 0.6 is 27.3 Å². The number of halogens is 1. The number of thiophene rings is 1. The Bertz CT molecular complexity index is 470. The van der Waals surface area contributed by atoms with Gasteiger partial charge in [-0.3, -0.25) is 4.79 Å². The van der Waals surface area contributed by atoms with Gasteiger partial charge in [-0.05, 0) is 39.9 Å². The summed E-state index contributed by atoms with van der Waals surface area (Å²) in [6.45, 7) is 1.93. The van der Waals surface area contributed by atoms with E-state index in [0.29, 0.717) is 10.2 Å². The molecule has 0 unspecified atom stereocenters. The maximum absolute atomic E-state index is 11.9. The highest BCUT2D eigenvalue weighted by molar-refractivity contribution is 9.10. The molecule has 0 bridgehead atoms. The van der Waals surface area contributed by atoms with Crippen LogP contribution in [-0.4, -0.2) is 5.78 Å². The average molecular weight is 271 g/mol. The van der Waals surface area contributed by atoms with Crippen molar-refractivity contribution in [1.82, 2.24) is 0 Å². The number of rotatable bonds is 2. The minimum Gasteiger partial charge on any atom is -0.457 e. The highest BCUT2D eigenvalue weighted by atomic mass is 79.9. The van der Waals surface area contributed by atoms with E-state index in [9.17, 15) is 4.79 Å². The summed E-state index contributed by atoms with van der Waals surface area (Å²) in [7, 11) is 0. The van der Waals surface area contributed by atoms with E-state index in [0.717, 1.165) is 10.4 Å². The lowest BCUT2D eigenvalue weighted by Crippen LogP contribution is -1.97. The number of carbonyl (C=O) groups is 1. The van der Waals surface area contributed by atoms with Crippen LogP contribution in [0, 0.1) is 6.92 Å². The summed E-state index contributed by atoms with van der Waals surface area (Å²) >= 11 is 4.62. The molecule has 0 aromatic carbocycles. The number of hydrogen-bond donors (Lipinski definition) is 0. The van der Waals surface area contributed by atoms with Gasteiger partial charge in [-0.1, -0.05) is 0 Å². The topological polar surface area (TPSA) is 30.2 Å². The van der Waals surface area contributed by atoms with Crippen LogP contribution in [0.5, 0.6) is 0 Å². The molecular weight excluding hydrogens is 264 g/mol. The monoisotopic (exact) mass is 270 g/mol. The van der Waals surface area contributed by atoms with Gasteiger partial charge in [0.15, 0.2) is 4.67 Å². The Morgan fingerprint density at radius 3 is 2.86 bits per heavy atom. The molecule has 0 atom stereocenters. The van der Waals surface area contributed by atoms with Gasteiger partial charge < -0.3 is 4.42 Å². The van der Waals surface area contributed by atoms with Gasteiger partial charge in [0.1, 0.15) is 6.26 Å². The van der Waals surface area contributed by atoms with Crippen molar-refractivity contribution in [1.29, 1.82) is 0 Å². The SMILES string of the molecule is Cc1ccsc1C(=O)c1coc(Br)c1. The molecule has 2 rings (SSSR count). The van der Waals surface area contributed by atoms with E-state index in [1.807, 2.05) is 18.4 Å². The van der Waals surface area contributed by atoms with Crippen molar-refractivity contribution < 1.29 is 9.21 Å². The maximum atomic E-state index is 11.9. The standard InChI is InChI=1S/C10H7BrO2S/c1-6-2-3-14-10(6)9(12)7-4-8(11)13-5-7/h2-5H,1H3. The van der Waals surface area contributed by atoms with Crippen molar-refractivity contribution in [3.63, 3.8) is 0 Å². The molecule has 2 aromatic heterocycles. The lowest BCUT2D eigenvalue weighted by molar-refractivity contribution is 0.104. The first-order valence-corrected chi connectivity index (χ1v) is 5.68. The molecule has 72 valence electrons. The minimum atomic E-state index is 0.0203. The van der Waals surface area contributed by atoms with Crippen LogP contribution in [0.25, 0.3) is 0 Å². The molecule has 0 saturated heterocycles. The Balaban J connectivity index is 2.38. The molecule has 0 spiro atoms. The van der Waals surface area contributed by atoms with Crippen LogP contribution in [0.3, 0.4) is 0 Å². The average Bonchev–Trinajstić information content (AvgIpc) is 2.73. The fourth-order valence-electron chi connectivity index (χ4n) is 1.17. The summed E-state index contributed by atoms with van der Waals surface area (Å²) in [5.74, 6) is 0.0203. The van der Waals surface area contributed by atoms with Crippen LogP contribution in [-0.2, 0) is 0 Å². The number of carbonyl (C=O) groups excluding carboxylic acids is 1. The van der Waals surface area contributed by atoms with Crippen molar-refractivity contribution in [3.8, 4) is 0 Å². The molecule has 0 aliphatic heterocycles. The Morgan fingerprint density at radius 2 is 2.36 bits per heavy atom. The van der Waals surface area contributed by atoms with Crippen molar-refractivity contribution >= 4 is 33.0 Å². The van der Waals surface area contributed by atoms with E-state index in [1.54, 1.807) is 6.07 Å². The van der Waals surface area contributed by atoms with Gasteiger partial charge in [-0.25, -0.2) is 0 Å². The zero-order chi connectivity index (χ0) is 10.1. The lowest BCUT2D eigenvalue weighted by Gasteiger charge is -1.93. The van der Waals surface area contributed by atoms with E-state index in [-0.39, 0.29) is 5.78 Å². The van der Waals surface area contributed by atoms with Crippen LogP contribution in [0.15, 0.2) is 32.9 Å². The molecule has 0 aliphatic carbocycles. The Kier molecular flexibility index (Phi) is 2.56. The van der Waals surface area contributed by atoms with Gasteiger partial charge in [-0.15, -0.1) is 11.3 Å². The predicted octanol–water partition coefficient (Wildman–Crippen LogP) is 3.64. The fraction of sp³-hybridized carbons (Fsp3) is 0.100. The first-order valence-electron chi connectivity index (χ1n) is 4.01. The largest absolute Gasteiger partial charge is 0.457 e. The third-order valence-corrected chi connectivity index (χ3v) is 3.33. The molecule has 2 aromatic rings. The molecule has 0 saturated carbocycles. The number of furan rings is 1. The van der Waals surface area contributed by atoms with Gasteiger partial charge in [0.05, 0.1) is 10.4 Å². The Hall–Kier alpha value is -0.870. The molecule has 0 radical (unpaired) electrons. The van der Waals surface area contributed by atoms with Gasteiger partial charge >= 0.3 is 0 Å². The zero-order valence-corrected chi connectivity index (χ0v) is 9.81. The molecule has 2 heterocycles. The van der Waals surface area contributed by atoms with E-state index in [4.69, 9.17) is 4.42 Å². The Labute approximate surface area is 93.7 Å². The number of aryl methyl sites for hydroxylation is 1. The molecule has 14 heavy (non-hydrogen) atoms. The quantitative estimate of drug-likeness (QED) is 0.780. The minimum absolute atomic E-state index is 0.0203. The number of ketones is 1. The second kappa shape index (κ2) is 3.71. The van der Waals surface area contributed by atoms with E-state index < -0.39 is 0 Å². The van der Waals surface area contributed by atoms with Crippen LogP contribution in [0.2, 0.25) is 0 Å².